The number of hydrogen-bond donors (Lipinski definition) is 0. The Morgan fingerprint density at radius 2 is 1.86 bits per heavy atom. The van der Waals surface area contributed by atoms with Gasteiger partial charge in [0, 0.05) is 18.6 Å². The van der Waals surface area contributed by atoms with Gasteiger partial charge in [-0.05, 0) is 50.5 Å². The van der Waals surface area contributed by atoms with Gasteiger partial charge in [0.25, 0.3) is 0 Å². The van der Waals surface area contributed by atoms with Crippen LogP contribution in [0.4, 0.5) is 10.5 Å². The Labute approximate surface area is 170 Å². The summed E-state index contributed by atoms with van der Waals surface area (Å²) in [4.78, 5) is 14.5. The first-order valence-electron chi connectivity index (χ1n) is 9.79. The molecular weight excluding hydrogens is 368 g/mol. The zero-order valence-electron chi connectivity index (χ0n) is 18.8. The van der Waals surface area contributed by atoms with E-state index in [-0.39, 0.29) is 5.04 Å². The minimum absolute atomic E-state index is 0.101. The lowest BCUT2D eigenvalue weighted by Crippen LogP contribution is -2.46. The number of benzene rings is 1. The molecule has 1 aliphatic rings. The van der Waals surface area contributed by atoms with Crippen LogP contribution in [0.2, 0.25) is 18.1 Å². The number of carbonyl (C=O) groups is 1. The average molecular weight is 403 g/mol. The number of ether oxygens (including phenoxy) is 1. The van der Waals surface area contributed by atoms with E-state index in [1.807, 2.05) is 32.9 Å². The number of nitriles is 1. The maximum Gasteiger partial charge on any atom is 0.414 e. The van der Waals surface area contributed by atoms with E-state index >= 15 is 0 Å². The second kappa shape index (κ2) is 7.20. The maximum atomic E-state index is 12.9. The second-order valence-corrected chi connectivity index (χ2v) is 15.3. The summed E-state index contributed by atoms with van der Waals surface area (Å²) >= 11 is 0. The molecule has 0 spiro atoms. The molecule has 1 aromatic rings. The Balaban J connectivity index is 2.42. The largest absolute Gasteiger partial charge is 0.443 e. The van der Waals surface area contributed by atoms with Crippen molar-refractivity contribution < 1.29 is 14.0 Å². The first-order chi connectivity index (χ1) is 12.6. The van der Waals surface area contributed by atoms with E-state index in [9.17, 15) is 10.1 Å². The Bertz CT molecular complexity index is 799. The fourth-order valence-electron chi connectivity index (χ4n) is 3.08. The molecule has 0 aliphatic carbocycles. The van der Waals surface area contributed by atoms with E-state index in [2.05, 4.69) is 46.9 Å². The van der Waals surface area contributed by atoms with E-state index in [1.165, 1.54) is 0 Å². The molecule has 1 aromatic carbocycles. The molecule has 2 rings (SSSR count). The number of hydrogen-bond acceptors (Lipinski definition) is 4. The van der Waals surface area contributed by atoms with Gasteiger partial charge in [-0.1, -0.05) is 39.8 Å². The molecule has 6 heteroatoms. The lowest BCUT2D eigenvalue weighted by atomic mass is 9.85. The number of para-hydroxylation sites is 1. The quantitative estimate of drug-likeness (QED) is 0.618. The molecule has 0 bridgehead atoms. The van der Waals surface area contributed by atoms with Gasteiger partial charge in [0.05, 0.1) is 11.3 Å². The molecule has 0 aromatic heterocycles. The normalized spacial score (nSPS) is 19.9. The average Bonchev–Trinajstić information content (AvgIpc) is 2.85. The Morgan fingerprint density at radius 1 is 1.25 bits per heavy atom. The molecule has 0 saturated carbocycles. The van der Waals surface area contributed by atoms with E-state index in [4.69, 9.17) is 9.16 Å². The summed E-state index contributed by atoms with van der Waals surface area (Å²) in [5.41, 5.74) is 1.11. The van der Waals surface area contributed by atoms with Crippen molar-refractivity contribution in [2.24, 2.45) is 0 Å². The van der Waals surface area contributed by atoms with Crippen LogP contribution in [0, 0.1) is 11.3 Å². The number of rotatable bonds is 3. The van der Waals surface area contributed by atoms with Crippen LogP contribution in [-0.2, 0) is 14.6 Å². The molecule has 0 unspecified atom stereocenters. The van der Waals surface area contributed by atoms with Crippen LogP contribution in [0.15, 0.2) is 18.2 Å². The third-order valence-electron chi connectivity index (χ3n) is 5.76. The van der Waals surface area contributed by atoms with E-state index in [0.29, 0.717) is 24.4 Å². The van der Waals surface area contributed by atoms with Crippen LogP contribution in [0.25, 0.3) is 0 Å². The molecule has 1 amide bonds. The summed E-state index contributed by atoms with van der Waals surface area (Å²) < 4.78 is 12.1. The fourth-order valence-corrected chi connectivity index (χ4v) is 4.19. The maximum absolute atomic E-state index is 12.9. The van der Waals surface area contributed by atoms with Crippen LogP contribution < -0.4 is 4.90 Å². The van der Waals surface area contributed by atoms with Crippen molar-refractivity contribution in [3.63, 3.8) is 0 Å². The lowest BCUT2D eigenvalue weighted by molar-refractivity contribution is 0.0575. The lowest BCUT2D eigenvalue weighted by Gasteiger charge is -2.39. The van der Waals surface area contributed by atoms with Crippen molar-refractivity contribution in [2.75, 3.05) is 18.1 Å². The van der Waals surface area contributed by atoms with Crippen molar-refractivity contribution in [3.05, 3.63) is 29.3 Å². The molecule has 1 atom stereocenters. The zero-order chi connectivity index (χ0) is 21.5. The summed E-state index contributed by atoms with van der Waals surface area (Å²) in [6.07, 6.45) is -0.424. The molecule has 0 saturated heterocycles. The van der Waals surface area contributed by atoms with Crippen LogP contribution in [-0.4, -0.2) is 33.2 Å². The highest BCUT2D eigenvalue weighted by atomic mass is 28.4. The monoisotopic (exact) mass is 402 g/mol. The minimum Gasteiger partial charge on any atom is -0.443 e. The van der Waals surface area contributed by atoms with Crippen molar-refractivity contribution in [1.29, 1.82) is 5.26 Å². The third kappa shape index (κ3) is 4.42. The topological polar surface area (TPSA) is 62.6 Å². The first-order valence-corrected chi connectivity index (χ1v) is 12.7. The predicted octanol–water partition coefficient (Wildman–Crippen LogP) is 5.59. The number of fused-ring (bicyclic) bond motifs is 1. The standard InChI is InChI=1S/C22H34N2O3Si/c1-20(2,3)27-19(25)24-14-22(7,15-26-28(8,9)21(4,5)6)17-12-10-11-16(13-23)18(17)24/h10-12H,14-15H2,1-9H3/t22-/m1/s1. The van der Waals surface area contributed by atoms with Gasteiger partial charge in [0.2, 0.25) is 0 Å². The molecule has 0 N–H and O–H groups in total. The van der Waals surface area contributed by atoms with E-state index in [1.54, 1.807) is 11.0 Å². The van der Waals surface area contributed by atoms with Gasteiger partial charge in [0.1, 0.15) is 11.7 Å². The van der Waals surface area contributed by atoms with Crippen molar-refractivity contribution >= 4 is 20.1 Å². The highest BCUT2D eigenvalue weighted by Gasteiger charge is 2.46. The number of anilines is 1. The highest BCUT2D eigenvalue weighted by Crippen LogP contribution is 2.45. The van der Waals surface area contributed by atoms with Crippen LogP contribution >= 0.6 is 0 Å². The van der Waals surface area contributed by atoms with Gasteiger partial charge in [-0.2, -0.15) is 5.26 Å². The molecular formula is C22H34N2O3Si. The fraction of sp³-hybridized carbons (Fsp3) is 0.636. The van der Waals surface area contributed by atoms with Gasteiger partial charge in [-0.3, -0.25) is 4.90 Å². The van der Waals surface area contributed by atoms with E-state index < -0.39 is 25.4 Å². The first kappa shape index (κ1) is 22.4. The van der Waals surface area contributed by atoms with Crippen LogP contribution in [0.5, 0.6) is 0 Å². The smallest absolute Gasteiger partial charge is 0.414 e. The van der Waals surface area contributed by atoms with Crippen LogP contribution in [0.1, 0.15) is 59.6 Å². The molecule has 28 heavy (non-hydrogen) atoms. The predicted molar refractivity (Wildman–Crippen MR) is 115 cm³/mol. The highest BCUT2D eigenvalue weighted by molar-refractivity contribution is 6.74. The Hall–Kier alpha value is -1.84. The minimum atomic E-state index is -1.95. The number of carbonyl (C=O) groups excluding carboxylic acids is 1. The summed E-state index contributed by atoms with van der Waals surface area (Å²) in [6, 6.07) is 7.85. The Morgan fingerprint density at radius 3 is 2.36 bits per heavy atom. The summed E-state index contributed by atoms with van der Waals surface area (Å²) in [5, 5.41) is 9.72. The second-order valence-electron chi connectivity index (χ2n) is 10.5. The molecule has 1 heterocycles. The SMILES string of the molecule is CC(C)(C)OC(=O)N1C[C@](C)(CO[Si](C)(C)C(C)(C)C)c2cccc(C#N)c21. The van der Waals surface area contributed by atoms with Gasteiger partial charge in [-0.15, -0.1) is 0 Å². The summed E-state index contributed by atoms with van der Waals surface area (Å²) in [6.45, 7) is 19.7. The molecule has 154 valence electrons. The Kier molecular flexibility index (Phi) is 5.77. The van der Waals surface area contributed by atoms with Crippen molar-refractivity contribution in [3.8, 4) is 6.07 Å². The van der Waals surface area contributed by atoms with E-state index in [0.717, 1.165) is 5.56 Å². The number of nitrogens with zero attached hydrogens (tertiary/aromatic N) is 2. The van der Waals surface area contributed by atoms with Crippen LogP contribution in [0.3, 0.4) is 0 Å². The molecule has 0 fully saturated rings. The number of amides is 1. The van der Waals surface area contributed by atoms with Crippen molar-refractivity contribution in [1.82, 2.24) is 0 Å². The molecule has 0 radical (unpaired) electrons. The zero-order valence-corrected chi connectivity index (χ0v) is 19.8. The third-order valence-corrected chi connectivity index (χ3v) is 10.2. The summed E-state index contributed by atoms with van der Waals surface area (Å²) in [7, 11) is -1.95. The van der Waals surface area contributed by atoms with Crippen molar-refractivity contribution in [2.45, 2.75) is 77.6 Å². The van der Waals surface area contributed by atoms with Gasteiger partial charge in [-0.25, -0.2) is 4.79 Å². The molecule has 5 nitrogen and oxygen atoms in total. The summed E-state index contributed by atoms with van der Waals surface area (Å²) in [5.74, 6) is 0. The van der Waals surface area contributed by atoms with Gasteiger partial charge in [0.15, 0.2) is 8.32 Å². The molecule has 1 aliphatic heterocycles. The van der Waals surface area contributed by atoms with Gasteiger partial charge >= 0.3 is 6.09 Å². The van der Waals surface area contributed by atoms with Gasteiger partial charge < -0.3 is 9.16 Å².